The van der Waals surface area contributed by atoms with Crippen molar-refractivity contribution in [1.82, 2.24) is 0 Å². The zero-order valence-corrected chi connectivity index (χ0v) is 8.95. The number of rotatable bonds is 2. The van der Waals surface area contributed by atoms with Crippen LogP contribution < -0.4 is 0 Å². The Morgan fingerprint density at radius 2 is 2.20 bits per heavy atom. The lowest BCUT2D eigenvalue weighted by atomic mass is 10.1. The van der Waals surface area contributed by atoms with Crippen molar-refractivity contribution in [3.63, 3.8) is 0 Å². The molecule has 1 aromatic heterocycles. The first-order valence-electron chi connectivity index (χ1n) is 4.47. The van der Waals surface area contributed by atoms with Crippen LogP contribution in [0.4, 0.5) is 0 Å². The molecule has 0 saturated carbocycles. The molecule has 2 aromatic rings. The topological polar surface area (TPSA) is 43.1 Å². The van der Waals surface area contributed by atoms with Gasteiger partial charge < -0.3 is 0 Å². The van der Waals surface area contributed by atoms with Gasteiger partial charge in [0, 0.05) is 17.7 Å². The number of hydrogen-bond acceptors (Lipinski definition) is 3. The van der Waals surface area contributed by atoms with Gasteiger partial charge in [0.1, 0.15) is 0 Å². The molecular weight excluding hydrogens is 210 g/mol. The molecule has 0 saturated heterocycles. The van der Waals surface area contributed by atoms with Crippen molar-refractivity contribution in [3.05, 3.63) is 51.0 Å². The summed E-state index contributed by atoms with van der Waals surface area (Å²) in [5, 5.41) is 13.5. The zero-order valence-electron chi connectivity index (χ0n) is 8.14. The Kier molecular flexibility index (Phi) is 2.51. The molecule has 0 aliphatic rings. The van der Waals surface area contributed by atoms with Gasteiger partial charge in [-0.3, -0.25) is 10.1 Å². The van der Waals surface area contributed by atoms with E-state index in [1.165, 1.54) is 6.92 Å². The molecule has 0 radical (unpaired) electrons. The molecule has 0 fully saturated rings. The summed E-state index contributed by atoms with van der Waals surface area (Å²) in [5.74, 6) is 0. The van der Waals surface area contributed by atoms with E-state index in [1.54, 1.807) is 17.4 Å². The number of nitro groups is 1. The second kappa shape index (κ2) is 3.82. The molecule has 0 bridgehead atoms. The van der Waals surface area contributed by atoms with Gasteiger partial charge in [-0.1, -0.05) is 18.2 Å². The molecule has 0 spiro atoms. The van der Waals surface area contributed by atoms with Crippen LogP contribution in [0.1, 0.15) is 12.5 Å². The lowest BCUT2D eigenvalue weighted by Gasteiger charge is -1.91. The van der Waals surface area contributed by atoms with Gasteiger partial charge in [0.25, 0.3) is 0 Å². The highest BCUT2D eigenvalue weighted by Gasteiger charge is 2.06. The Bertz CT molecular complexity index is 542. The maximum absolute atomic E-state index is 10.5. The van der Waals surface area contributed by atoms with Gasteiger partial charge in [0.2, 0.25) is 5.70 Å². The summed E-state index contributed by atoms with van der Waals surface area (Å²) in [6.07, 6.45) is 1.61. The third kappa shape index (κ3) is 1.89. The number of allylic oxidation sites excluding steroid dienone is 1. The number of fused-ring (bicyclic) bond motifs is 1. The average molecular weight is 219 g/mol. The van der Waals surface area contributed by atoms with E-state index in [-0.39, 0.29) is 10.6 Å². The lowest BCUT2D eigenvalue weighted by molar-refractivity contribution is -0.422. The SMILES string of the molecule is C/C(=C/c1csc2ccccc12)[N+](=O)[O-]. The Morgan fingerprint density at radius 3 is 2.93 bits per heavy atom. The Labute approximate surface area is 90.8 Å². The summed E-state index contributed by atoms with van der Waals surface area (Å²) >= 11 is 1.60. The van der Waals surface area contributed by atoms with Crippen LogP contribution in [0.5, 0.6) is 0 Å². The quantitative estimate of drug-likeness (QED) is 0.572. The maximum atomic E-state index is 10.5. The fourth-order valence-corrected chi connectivity index (χ4v) is 2.31. The van der Waals surface area contributed by atoms with Gasteiger partial charge in [-0.15, -0.1) is 11.3 Å². The second-order valence-electron chi connectivity index (χ2n) is 3.23. The van der Waals surface area contributed by atoms with Crippen LogP contribution in [0.2, 0.25) is 0 Å². The minimum absolute atomic E-state index is 0.165. The van der Waals surface area contributed by atoms with Crippen LogP contribution in [-0.2, 0) is 0 Å². The molecule has 0 aliphatic carbocycles. The van der Waals surface area contributed by atoms with Gasteiger partial charge in [0.15, 0.2) is 0 Å². The first-order valence-corrected chi connectivity index (χ1v) is 5.35. The average Bonchev–Trinajstić information content (AvgIpc) is 2.62. The van der Waals surface area contributed by atoms with Crippen molar-refractivity contribution in [2.45, 2.75) is 6.92 Å². The van der Waals surface area contributed by atoms with E-state index in [4.69, 9.17) is 0 Å². The van der Waals surface area contributed by atoms with Crippen molar-refractivity contribution in [2.75, 3.05) is 0 Å². The smallest absolute Gasteiger partial charge is 0.243 e. The molecule has 1 aromatic carbocycles. The fraction of sp³-hybridized carbons (Fsp3) is 0.0909. The Hall–Kier alpha value is -1.68. The predicted octanol–water partition coefficient (Wildman–Crippen LogP) is 3.54. The largest absolute Gasteiger partial charge is 0.259 e. The molecule has 1 heterocycles. The van der Waals surface area contributed by atoms with Crippen molar-refractivity contribution in [2.24, 2.45) is 0 Å². The summed E-state index contributed by atoms with van der Waals surface area (Å²) < 4.78 is 1.15. The molecule has 0 aliphatic heterocycles. The minimum atomic E-state index is -0.369. The van der Waals surface area contributed by atoms with Crippen LogP contribution in [0, 0.1) is 10.1 Å². The summed E-state index contributed by atoms with van der Waals surface area (Å²) in [7, 11) is 0. The number of thiophene rings is 1. The molecule has 4 heteroatoms. The highest BCUT2D eigenvalue weighted by atomic mass is 32.1. The molecule has 0 atom stereocenters. The molecule has 0 N–H and O–H groups in total. The molecular formula is C11H9NO2S. The first-order chi connectivity index (χ1) is 7.18. The van der Waals surface area contributed by atoms with Gasteiger partial charge >= 0.3 is 0 Å². The van der Waals surface area contributed by atoms with E-state index in [9.17, 15) is 10.1 Å². The van der Waals surface area contributed by atoms with E-state index in [2.05, 4.69) is 0 Å². The van der Waals surface area contributed by atoms with Crippen molar-refractivity contribution in [1.29, 1.82) is 0 Å². The normalized spacial score (nSPS) is 11.9. The first kappa shape index (κ1) is 9.86. The summed E-state index contributed by atoms with van der Waals surface area (Å²) in [6, 6.07) is 7.89. The fourth-order valence-electron chi connectivity index (χ4n) is 1.39. The van der Waals surface area contributed by atoms with Crippen molar-refractivity contribution < 1.29 is 4.92 Å². The standard InChI is InChI=1S/C11H9NO2S/c1-8(12(13)14)6-9-7-15-11-5-3-2-4-10(9)11/h2-7H,1H3/b8-6-. The van der Waals surface area contributed by atoms with E-state index < -0.39 is 0 Å². The van der Waals surface area contributed by atoms with Crippen LogP contribution in [0.3, 0.4) is 0 Å². The van der Waals surface area contributed by atoms with E-state index in [1.807, 2.05) is 29.6 Å². The highest BCUT2D eigenvalue weighted by molar-refractivity contribution is 7.17. The Balaban J connectivity index is 2.54. The van der Waals surface area contributed by atoms with E-state index >= 15 is 0 Å². The number of nitrogens with zero attached hydrogens (tertiary/aromatic N) is 1. The molecule has 3 nitrogen and oxygen atoms in total. The third-order valence-electron chi connectivity index (χ3n) is 2.16. The zero-order chi connectivity index (χ0) is 10.8. The summed E-state index contributed by atoms with van der Waals surface area (Å²) in [4.78, 5) is 10.1. The number of benzene rings is 1. The molecule has 2 rings (SSSR count). The van der Waals surface area contributed by atoms with Crippen LogP contribution in [0.25, 0.3) is 16.2 Å². The van der Waals surface area contributed by atoms with Crippen LogP contribution in [0.15, 0.2) is 35.3 Å². The maximum Gasteiger partial charge on any atom is 0.243 e. The number of hydrogen-bond donors (Lipinski definition) is 0. The van der Waals surface area contributed by atoms with Gasteiger partial charge in [0.05, 0.1) is 4.92 Å². The van der Waals surface area contributed by atoms with Gasteiger partial charge in [-0.05, 0) is 22.4 Å². The van der Waals surface area contributed by atoms with Crippen LogP contribution >= 0.6 is 11.3 Å². The minimum Gasteiger partial charge on any atom is -0.259 e. The summed E-state index contributed by atoms with van der Waals surface area (Å²) in [6.45, 7) is 1.51. The lowest BCUT2D eigenvalue weighted by Crippen LogP contribution is -1.92. The summed E-state index contributed by atoms with van der Waals surface area (Å²) in [5.41, 5.74) is 1.09. The molecule has 0 unspecified atom stereocenters. The van der Waals surface area contributed by atoms with Crippen LogP contribution in [-0.4, -0.2) is 4.92 Å². The van der Waals surface area contributed by atoms with Gasteiger partial charge in [-0.2, -0.15) is 0 Å². The second-order valence-corrected chi connectivity index (χ2v) is 4.14. The van der Waals surface area contributed by atoms with Crippen molar-refractivity contribution >= 4 is 27.5 Å². The monoisotopic (exact) mass is 219 g/mol. The van der Waals surface area contributed by atoms with E-state index in [0.717, 1.165) is 15.6 Å². The third-order valence-corrected chi connectivity index (χ3v) is 3.15. The Morgan fingerprint density at radius 1 is 1.47 bits per heavy atom. The highest BCUT2D eigenvalue weighted by Crippen LogP contribution is 2.27. The molecule has 76 valence electrons. The van der Waals surface area contributed by atoms with Crippen molar-refractivity contribution in [3.8, 4) is 0 Å². The molecule has 0 amide bonds. The van der Waals surface area contributed by atoms with E-state index in [0.29, 0.717) is 0 Å². The van der Waals surface area contributed by atoms with Gasteiger partial charge in [-0.25, -0.2) is 0 Å². The predicted molar refractivity (Wildman–Crippen MR) is 62.5 cm³/mol. The molecule has 15 heavy (non-hydrogen) atoms.